The fourth-order valence-electron chi connectivity index (χ4n) is 2.26. The highest BCUT2D eigenvalue weighted by atomic mass is 16.5. The lowest BCUT2D eigenvalue weighted by Gasteiger charge is -2.43. The second kappa shape index (κ2) is 2.84. The summed E-state index contributed by atoms with van der Waals surface area (Å²) in [6, 6.07) is 0. The second-order valence-electron chi connectivity index (χ2n) is 4.93. The van der Waals surface area contributed by atoms with E-state index in [1.165, 1.54) is 0 Å². The molecular weight excluding hydrogens is 152 g/mol. The van der Waals surface area contributed by atoms with Crippen molar-refractivity contribution >= 4 is 6.29 Å². The van der Waals surface area contributed by atoms with Gasteiger partial charge in [0, 0.05) is 5.92 Å². The van der Waals surface area contributed by atoms with Gasteiger partial charge in [0.2, 0.25) is 0 Å². The van der Waals surface area contributed by atoms with Crippen molar-refractivity contribution < 1.29 is 9.53 Å². The lowest BCUT2D eigenvalue weighted by Crippen LogP contribution is -2.45. The summed E-state index contributed by atoms with van der Waals surface area (Å²) in [5.74, 6) is 0.170. The Bertz CT molecular complexity index is 166. The van der Waals surface area contributed by atoms with E-state index < -0.39 is 0 Å². The van der Waals surface area contributed by atoms with E-state index in [9.17, 15) is 4.79 Å². The lowest BCUT2D eigenvalue weighted by atomic mass is 9.82. The van der Waals surface area contributed by atoms with Gasteiger partial charge in [-0.05, 0) is 40.5 Å². The molecule has 0 unspecified atom stereocenters. The number of carbonyl (C=O) groups excluding carboxylic acids is 1. The zero-order valence-corrected chi connectivity index (χ0v) is 8.39. The lowest BCUT2D eigenvalue weighted by molar-refractivity contribution is -0.173. The highest BCUT2D eigenvalue weighted by Gasteiger charge is 2.38. The van der Waals surface area contributed by atoms with Crippen molar-refractivity contribution in [3.8, 4) is 0 Å². The van der Waals surface area contributed by atoms with Crippen LogP contribution in [0.3, 0.4) is 0 Å². The average molecular weight is 170 g/mol. The first-order valence-corrected chi connectivity index (χ1v) is 4.50. The van der Waals surface area contributed by atoms with Crippen LogP contribution in [0.5, 0.6) is 0 Å². The molecule has 70 valence electrons. The smallest absolute Gasteiger partial charge is 0.123 e. The minimum Gasteiger partial charge on any atom is -0.370 e. The molecule has 0 spiro atoms. The summed E-state index contributed by atoms with van der Waals surface area (Å²) >= 11 is 0. The molecule has 1 fully saturated rings. The van der Waals surface area contributed by atoms with Gasteiger partial charge in [0.1, 0.15) is 6.29 Å². The largest absolute Gasteiger partial charge is 0.370 e. The first kappa shape index (κ1) is 9.72. The standard InChI is InChI=1S/C10H18O2/c1-9(2)5-8(7-11)6-10(3,4)12-9/h7-8H,5-6H2,1-4H3. The molecule has 0 radical (unpaired) electrons. The van der Waals surface area contributed by atoms with Crippen molar-refractivity contribution in [3.05, 3.63) is 0 Å². The minimum absolute atomic E-state index is 0.146. The van der Waals surface area contributed by atoms with Crippen LogP contribution in [0.25, 0.3) is 0 Å². The van der Waals surface area contributed by atoms with E-state index in [0.717, 1.165) is 19.1 Å². The third-order valence-corrected chi connectivity index (χ3v) is 2.25. The van der Waals surface area contributed by atoms with Gasteiger partial charge in [0.25, 0.3) is 0 Å². The molecule has 12 heavy (non-hydrogen) atoms. The molecule has 1 aliphatic heterocycles. The molecule has 1 aliphatic rings. The van der Waals surface area contributed by atoms with Crippen LogP contribution in [0.2, 0.25) is 0 Å². The van der Waals surface area contributed by atoms with Gasteiger partial charge in [0.15, 0.2) is 0 Å². The summed E-state index contributed by atoms with van der Waals surface area (Å²) in [6.45, 7) is 8.18. The number of ether oxygens (including phenoxy) is 1. The zero-order valence-electron chi connectivity index (χ0n) is 8.39. The summed E-state index contributed by atoms with van der Waals surface area (Å²) in [6.07, 6.45) is 2.76. The van der Waals surface area contributed by atoms with Crippen molar-refractivity contribution in [1.82, 2.24) is 0 Å². The predicted octanol–water partition coefficient (Wildman–Crippen LogP) is 2.17. The number of aldehydes is 1. The van der Waals surface area contributed by atoms with Crippen molar-refractivity contribution in [2.75, 3.05) is 0 Å². The summed E-state index contributed by atoms with van der Waals surface area (Å²) in [4.78, 5) is 10.7. The van der Waals surface area contributed by atoms with Crippen LogP contribution in [-0.2, 0) is 9.53 Å². The Labute approximate surface area is 74.3 Å². The molecule has 0 aromatic heterocycles. The summed E-state index contributed by atoms with van der Waals surface area (Å²) in [5.41, 5.74) is -0.291. The maximum atomic E-state index is 10.7. The Balaban J connectivity index is 2.72. The normalized spacial score (nSPS) is 28.3. The van der Waals surface area contributed by atoms with Gasteiger partial charge in [0.05, 0.1) is 11.2 Å². The van der Waals surface area contributed by atoms with Crippen LogP contribution in [0.1, 0.15) is 40.5 Å². The monoisotopic (exact) mass is 170 g/mol. The predicted molar refractivity (Wildman–Crippen MR) is 48.0 cm³/mol. The number of rotatable bonds is 1. The maximum absolute atomic E-state index is 10.7. The quantitative estimate of drug-likeness (QED) is 0.564. The van der Waals surface area contributed by atoms with Gasteiger partial charge in [-0.2, -0.15) is 0 Å². The Morgan fingerprint density at radius 1 is 1.17 bits per heavy atom. The van der Waals surface area contributed by atoms with Crippen LogP contribution < -0.4 is 0 Å². The molecule has 0 aromatic carbocycles. The Morgan fingerprint density at radius 3 is 1.92 bits per heavy atom. The fraction of sp³-hybridized carbons (Fsp3) is 0.900. The van der Waals surface area contributed by atoms with E-state index in [0.29, 0.717) is 0 Å². The van der Waals surface area contributed by atoms with Gasteiger partial charge in [-0.1, -0.05) is 0 Å². The van der Waals surface area contributed by atoms with E-state index in [1.807, 2.05) is 27.7 Å². The molecule has 0 atom stereocenters. The third-order valence-electron chi connectivity index (χ3n) is 2.25. The molecule has 0 amide bonds. The van der Waals surface area contributed by atoms with E-state index in [-0.39, 0.29) is 17.1 Å². The van der Waals surface area contributed by atoms with E-state index in [2.05, 4.69) is 0 Å². The molecule has 2 heteroatoms. The maximum Gasteiger partial charge on any atom is 0.123 e. The first-order chi connectivity index (χ1) is 5.35. The Kier molecular flexibility index (Phi) is 2.30. The molecule has 1 saturated heterocycles. The average Bonchev–Trinajstić information content (AvgIpc) is 1.80. The van der Waals surface area contributed by atoms with Crippen LogP contribution in [0.15, 0.2) is 0 Å². The second-order valence-corrected chi connectivity index (χ2v) is 4.93. The van der Waals surface area contributed by atoms with Gasteiger partial charge in [-0.3, -0.25) is 0 Å². The topological polar surface area (TPSA) is 26.3 Å². The first-order valence-electron chi connectivity index (χ1n) is 4.50. The van der Waals surface area contributed by atoms with Crippen molar-refractivity contribution in [2.24, 2.45) is 5.92 Å². The third kappa shape index (κ3) is 2.31. The van der Waals surface area contributed by atoms with E-state index in [1.54, 1.807) is 0 Å². The summed E-state index contributed by atoms with van der Waals surface area (Å²) in [7, 11) is 0. The Morgan fingerprint density at radius 2 is 1.58 bits per heavy atom. The van der Waals surface area contributed by atoms with Crippen molar-refractivity contribution in [1.29, 1.82) is 0 Å². The molecule has 0 saturated carbocycles. The summed E-state index contributed by atoms with van der Waals surface area (Å²) in [5, 5.41) is 0. The van der Waals surface area contributed by atoms with E-state index >= 15 is 0 Å². The van der Waals surface area contributed by atoms with Gasteiger partial charge >= 0.3 is 0 Å². The molecular formula is C10H18O2. The number of hydrogen-bond acceptors (Lipinski definition) is 2. The van der Waals surface area contributed by atoms with Crippen molar-refractivity contribution in [3.63, 3.8) is 0 Å². The van der Waals surface area contributed by atoms with Crippen LogP contribution in [-0.4, -0.2) is 17.5 Å². The molecule has 0 bridgehead atoms. The van der Waals surface area contributed by atoms with Gasteiger partial charge < -0.3 is 9.53 Å². The number of carbonyl (C=O) groups is 1. The molecule has 1 rings (SSSR count). The zero-order chi connectivity index (χ0) is 9.41. The van der Waals surface area contributed by atoms with Crippen LogP contribution in [0, 0.1) is 5.92 Å². The Hall–Kier alpha value is -0.370. The molecule has 0 N–H and O–H groups in total. The molecule has 2 nitrogen and oxygen atoms in total. The van der Waals surface area contributed by atoms with Crippen LogP contribution in [0.4, 0.5) is 0 Å². The number of hydrogen-bond donors (Lipinski definition) is 0. The van der Waals surface area contributed by atoms with Gasteiger partial charge in [-0.15, -0.1) is 0 Å². The van der Waals surface area contributed by atoms with E-state index in [4.69, 9.17) is 4.74 Å². The highest BCUT2D eigenvalue weighted by molar-refractivity contribution is 5.54. The van der Waals surface area contributed by atoms with Crippen LogP contribution >= 0.6 is 0 Å². The minimum atomic E-state index is -0.146. The fourth-order valence-corrected chi connectivity index (χ4v) is 2.26. The SMILES string of the molecule is CC1(C)CC(C=O)CC(C)(C)O1. The van der Waals surface area contributed by atoms with Gasteiger partial charge in [-0.25, -0.2) is 0 Å². The molecule has 1 heterocycles. The molecule has 0 aliphatic carbocycles. The summed E-state index contributed by atoms with van der Waals surface area (Å²) < 4.78 is 5.83. The highest BCUT2D eigenvalue weighted by Crippen LogP contribution is 2.37. The van der Waals surface area contributed by atoms with Crippen molar-refractivity contribution in [2.45, 2.75) is 51.7 Å². The molecule has 0 aromatic rings.